The number of nitrogen functional groups attached to an aromatic ring is 1. The van der Waals surface area contributed by atoms with Gasteiger partial charge in [0.1, 0.15) is 73.5 Å². The zero-order valence-electron chi connectivity index (χ0n) is 69.7. The molecule has 9 aromatic rings. The Hall–Kier alpha value is -11.1. The molecule has 0 saturated heterocycles. The molecule has 37 nitrogen and oxygen atoms in total. The maximum atomic E-state index is 13.5. The predicted octanol–water partition coefficient (Wildman–Crippen LogP) is 9.02. The lowest BCUT2D eigenvalue weighted by molar-refractivity contribution is 0.0298. The molecule has 6 aliphatic rings. The molecule has 120 heavy (non-hydrogen) atoms. The zero-order chi connectivity index (χ0) is 86.2. The molecule has 3 unspecified atom stereocenters. The van der Waals surface area contributed by atoms with Gasteiger partial charge in [-0.1, -0.05) is 11.6 Å². The number of halogens is 1. The van der Waals surface area contributed by atoms with Crippen LogP contribution in [0.4, 0.5) is 55.7 Å². The Morgan fingerprint density at radius 3 is 1.22 bits per heavy atom. The van der Waals surface area contributed by atoms with E-state index in [2.05, 4.69) is 62.1 Å². The fourth-order valence-electron chi connectivity index (χ4n) is 15.4. The van der Waals surface area contributed by atoms with Crippen LogP contribution in [0.2, 0.25) is 5.15 Å². The fraction of sp³-hybridized carbons (Fsp3) is 0.537. The summed E-state index contributed by atoms with van der Waals surface area (Å²) in [5.74, 6) is 0.986. The minimum atomic E-state index is -0.741. The Balaban J connectivity index is 0.000000155. The normalized spacial score (nSPS) is 22.6. The van der Waals surface area contributed by atoms with E-state index in [1.165, 1.54) is 59.7 Å². The van der Waals surface area contributed by atoms with Gasteiger partial charge in [-0.15, -0.1) is 0 Å². The summed E-state index contributed by atoms with van der Waals surface area (Å²) in [6.45, 7) is 10.6. The van der Waals surface area contributed by atoms with Gasteiger partial charge in [0.2, 0.25) is 0 Å². The number of ether oxygens (including phenoxy) is 5. The summed E-state index contributed by atoms with van der Waals surface area (Å²) in [5.41, 5.74) is 5.83. The van der Waals surface area contributed by atoms with Crippen molar-refractivity contribution in [3.05, 3.63) is 145 Å². The average Bonchev–Trinajstić information content (AvgIpc) is 1.55. The van der Waals surface area contributed by atoms with Crippen LogP contribution in [0.1, 0.15) is 206 Å². The highest BCUT2D eigenvalue weighted by Crippen LogP contribution is 2.36. The van der Waals surface area contributed by atoms with Crippen molar-refractivity contribution in [1.82, 2.24) is 73.4 Å². The zero-order valence-corrected chi connectivity index (χ0v) is 70.4. The topological polar surface area (TPSA) is 453 Å². The average molecular weight is 1680 g/mol. The standard InChI is InChI=1S/C29H39N7O6.C24H31N7O4.C20H28ClN5O4.C9H12N2O2/c1-29(2,3)42-28(40)34(4)24-15-23(32-20-10-7-13-35(27(20)39)21-11-12-22(21)37)33-25-19(16-30-36(24)25)26(38)31-17-8-6-9-18(14-17)41-5;1-25-21-12-20(28-17-7-4-10-30(24(17)34)18-8-9-19(18)32)29-22-16(13-26-31(21)22)23(33)27-14-5-3-6-15(11-14)35-2;1-20(2,3)30-19(28)25(4)16-10-15(21)24-17-14(11-22-26(16)17)18(27)23-12-7-6-8-13(9-12)29-5;10-6-2-1-5-11(9(6)13)7-3-4-8(7)12/h7,10,13,15-18,21-22,37H,6,8-9,11-12,14H2,1-5H3,(H,31,38)(H,32,33);4,7,10,12-15,18-19,25,32H,3,5-6,8-9,11H2,1-2H3,(H,27,33)(H,28,29);10-13H,6-9H2,1-5H3,(H,23,27);1-2,5,7-8,12H,3-4,10H2/t17?,18-,21+,22-;14?,15-,18+,19-;12?,13-;7-,8+/m1110/s1. The van der Waals surface area contributed by atoms with Crippen molar-refractivity contribution in [2.24, 2.45) is 0 Å². The second kappa shape index (κ2) is 38.1. The Kier molecular flexibility index (Phi) is 28.0. The highest BCUT2D eigenvalue weighted by Gasteiger charge is 2.37. The molecule has 9 heterocycles. The second-order valence-electron chi connectivity index (χ2n) is 33.1. The monoisotopic (exact) mass is 1680 g/mol. The van der Waals surface area contributed by atoms with Crippen LogP contribution in [0.25, 0.3) is 16.9 Å². The first-order chi connectivity index (χ1) is 57.2. The van der Waals surface area contributed by atoms with Gasteiger partial charge in [0, 0.05) is 97.4 Å². The van der Waals surface area contributed by atoms with E-state index in [1.807, 2.05) is 0 Å². The van der Waals surface area contributed by atoms with Crippen LogP contribution in [-0.2, 0) is 23.7 Å². The number of anilines is 8. The van der Waals surface area contributed by atoms with Gasteiger partial charge in [0.25, 0.3) is 34.4 Å². The highest BCUT2D eigenvalue weighted by molar-refractivity contribution is 6.30. The molecule has 11 N–H and O–H groups in total. The SMILES string of the molecule is CNc1cc(Nc2cccn([C@H]3CC[C@H]3O)c2=O)nc2c(C(=O)NC3CCC[C@@H](OC)C3)cnn12.CO[C@@H]1CCCC(NC(=O)c2cnn3c(N(C)C(=O)OC(C)(C)C)cc(Cl)nc23)C1.CO[C@@H]1CCCC(NC(=O)c2cnn3c(N(C)C(=O)OC(C)(C)C)cc(Nc4cccn([C@H]5CC[C@H]5O)c4=O)nc23)C1.Nc1cccn([C@H]2CC[C@H]2O)c1=O. The summed E-state index contributed by atoms with van der Waals surface area (Å²) in [5, 5.41) is 61.1. The number of nitrogens with zero attached hydrogens (tertiary/aromatic N) is 14. The molecule has 646 valence electrons. The summed E-state index contributed by atoms with van der Waals surface area (Å²) in [6.07, 6.45) is 22.3. The van der Waals surface area contributed by atoms with Gasteiger partial charge in [-0.3, -0.25) is 38.6 Å². The third kappa shape index (κ3) is 20.7. The summed E-state index contributed by atoms with van der Waals surface area (Å²) in [7, 11) is 9.90. The fourth-order valence-corrected chi connectivity index (χ4v) is 15.5. The highest BCUT2D eigenvalue weighted by atomic mass is 35.5. The number of hydrogen-bond acceptors (Lipinski definition) is 26. The Morgan fingerprint density at radius 1 is 0.492 bits per heavy atom. The minimum absolute atomic E-state index is 0.0224. The van der Waals surface area contributed by atoms with Crippen LogP contribution in [0, 0.1) is 0 Å². The van der Waals surface area contributed by atoms with Crippen LogP contribution >= 0.6 is 11.6 Å². The molecule has 5 amide bonds. The maximum Gasteiger partial charge on any atom is 0.415 e. The summed E-state index contributed by atoms with van der Waals surface area (Å²) in [4.78, 5) is 119. The van der Waals surface area contributed by atoms with Crippen molar-refractivity contribution in [3.8, 4) is 0 Å². The molecule has 38 heteroatoms. The number of nitrogens with one attached hydrogen (secondary N) is 6. The quantitative estimate of drug-likeness (QED) is 0.0337. The van der Waals surface area contributed by atoms with Gasteiger partial charge in [0.05, 0.1) is 79.0 Å². The number of rotatable bonds is 19. The van der Waals surface area contributed by atoms with Crippen LogP contribution in [0.5, 0.6) is 0 Å². The van der Waals surface area contributed by atoms with Gasteiger partial charge >= 0.3 is 12.2 Å². The third-order valence-corrected chi connectivity index (χ3v) is 22.6. The number of aliphatic hydroxyl groups excluding tert-OH is 3. The van der Waals surface area contributed by atoms with Crippen molar-refractivity contribution in [3.63, 3.8) is 0 Å². The molecule has 6 aliphatic carbocycles. The molecule has 0 bridgehead atoms. The van der Waals surface area contributed by atoms with Crippen molar-refractivity contribution in [1.29, 1.82) is 0 Å². The Labute approximate surface area is 697 Å². The molecule has 12 atom stereocenters. The molecule has 9 aromatic heterocycles. The molecule has 0 aromatic carbocycles. The van der Waals surface area contributed by atoms with E-state index in [-0.39, 0.29) is 146 Å². The van der Waals surface area contributed by atoms with Crippen LogP contribution < -0.4 is 64.1 Å². The number of nitrogens with two attached hydrogens (primary N) is 1. The van der Waals surface area contributed by atoms with Crippen molar-refractivity contribution in [2.45, 2.75) is 241 Å². The number of pyridine rings is 3. The van der Waals surface area contributed by atoms with Crippen molar-refractivity contribution < 1.29 is 63.0 Å². The lowest BCUT2D eigenvalue weighted by atomic mass is 9.89. The number of amides is 5. The molecular formula is C82H110ClN21O16. The molecule has 6 saturated carbocycles. The minimum Gasteiger partial charge on any atom is -0.443 e. The third-order valence-electron chi connectivity index (χ3n) is 22.4. The summed E-state index contributed by atoms with van der Waals surface area (Å²) >= 11 is 6.19. The van der Waals surface area contributed by atoms with Gasteiger partial charge in [-0.2, -0.15) is 28.8 Å². The van der Waals surface area contributed by atoms with E-state index in [9.17, 15) is 53.7 Å². The number of carbonyl (C=O) groups excluding carboxylic acids is 5. The van der Waals surface area contributed by atoms with Crippen LogP contribution in [0.3, 0.4) is 0 Å². The van der Waals surface area contributed by atoms with E-state index in [0.29, 0.717) is 60.0 Å². The second-order valence-corrected chi connectivity index (χ2v) is 33.5. The van der Waals surface area contributed by atoms with E-state index in [1.54, 1.807) is 153 Å². The van der Waals surface area contributed by atoms with Crippen molar-refractivity contribution in [2.75, 3.05) is 74.0 Å². The predicted molar refractivity (Wildman–Crippen MR) is 450 cm³/mol. The summed E-state index contributed by atoms with van der Waals surface area (Å²) < 4.78 is 36.3. The largest absolute Gasteiger partial charge is 0.443 e. The first kappa shape index (κ1) is 88.2. The Morgan fingerprint density at radius 2 is 0.850 bits per heavy atom. The van der Waals surface area contributed by atoms with Crippen LogP contribution in [0.15, 0.2) is 106 Å². The van der Waals surface area contributed by atoms with E-state index in [0.717, 1.165) is 89.9 Å². The molecule has 0 radical (unpaired) electrons. The van der Waals surface area contributed by atoms with Gasteiger partial charge in [-0.05, 0) is 194 Å². The Bertz CT molecular complexity index is 5360. The lowest BCUT2D eigenvalue weighted by Crippen LogP contribution is -2.40. The smallest absolute Gasteiger partial charge is 0.415 e. The maximum absolute atomic E-state index is 13.5. The number of aromatic nitrogens is 12. The van der Waals surface area contributed by atoms with E-state index < -0.39 is 35.6 Å². The summed E-state index contributed by atoms with van der Waals surface area (Å²) in [6, 6.07) is 14.3. The molecular weight excluding hydrogens is 1570 g/mol. The van der Waals surface area contributed by atoms with E-state index >= 15 is 0 Å². The molecule has 15 rings (SSSR count). The molecule has 0 aliphatic heterocycles. The number of aliphatic hydroxyl groups is 3. The lowest BCUT2D eigenvalue weighted by Gasteiger charge is -2.34. The first-order valence-electron chi connectivity index (χ1n) is 40.6. The van der Waals surface area contributed by atoms with Gasteiger partial charge < -0.3 is 90.3 Å². The number of fused-ring (bicyclic) bond motifs is 3. The molecule has 6 fully saturated rings. The van der Waals surface area contributed by atoms with Crippen molar-refractivity contribution >= 4 is 105 Å². The van der Waals surface area contributed by atoms with Crippen LogP contribution in [-0.4, -0.2) is 211 Å². The number of hydrogen-bond donors (Lipinski definition) is 10. The van der Waals surface area contributed by atoms with E-state index in [4.69, 9.17) is 41.0 Å². The van der Waals surface area contributed by atoms with Gasteiger partial charge in [-0.25, -0.2) is 24.5 Å². The molecule has 0 spiro atoms. The first-order valence-corrected chi connectivity index (χ1v) is 41.0. The number of carbonyl (C=O) groups is 5. The number of methoxy groups -OCH3 is 3. The van der Waals surface area contributed by atoms with Gasteiger partial charge in [0.15, 0.2) is 16.9 Å².